The molecule has 0 spiro atoms. The van der Waals surface area contributed by atoms with Crippen molar-refractivity contribution in [2.45, 2.75) is 29.6 Å². The molecule has 0 aromatic heterocycles. The number of hydrogen-bond acceptors (Lipinski definition) is 5. The third kappa shape index (κ3) is 5.08. The highest BCUT2D eigenvalue weighted by molar-refractivity contribution is 8.00. The van der Waals surface area contributed by atoms with Crippen LogP contribution in [0.4, 0.5) is 5.69 Å². The molecule has 0 atom stereocenters. The van der Waals surface area contributed by atoms with E-state index in [9.17, 15) is 13.2 Å². The second-order valence-electron chi connectivity index (χ2n) is 8.91. The van der Waals surface area contributed by atoms with E-state index in [1.54, 1.807) is 42.1 Å². The van der Waals surface area contributed by atoms with Crippen molar-refractivity contribution in [3.05, 3.63) is 82.4 Å². The minimum atomic E-state index is -3.67. The Labute approximate surface area is 221 Å². The maximum absolute atomic E-state index is 13.4. The molecule has 0 unspecified atom stereocenters. The quantitative estimate of drug-likeness (QED) is 0.373. The molecule has 6 nitrogen and oxygen atoms in total. The molecule has 2 aliphatic rings. The number of nitrogens with zero attached hydrogens (tertiary/aromatic N) is 2. The first-order valence-electron chi connectivity index (χ1n) is 11.9. The fourth-order valence-electron chi connectivity index (χ4n) is 4.51. The molecule has 1 amide bonds. The Hall–Kier alpha value is -2.68. The van der Waals surface area contributed by atoms with Crippen molar-refractivity contribution in [2.24, 2.45) is 0 Å². The van der Waals surface area contributed by atoms with Crippen molar-refractivity contribution in [1.29, 1.82) is 0 Å². The number of hydrogen-bond donors (Lipinski definition) is 0. The zero-order valence-corrected chi connectivity index (χ0v) is 22.3. The van der Waals surface area contributed by atoms with E-state index in [-0.39, 0.29) is 10.8 Å². The second-order valence-corrected chi connectivity index (χ2v) is 12.3. The molecular formula is C27H27ClN2O4S2. The van der Waals surface area contributed by atoms with Gasteiger partial charge >= 0.3 is 0 Å². The summed E-state index contributed by atoms with van der Waals surface area (Å²) >= 11 is 7.70. The Morgan fingerprint density at radius 3 is 2.64 bits per heavy atom. The van der Waals surface area contributed by atoms with E-state index in [0.717, 1.165) is 22.4 Å². The van der Waals surface area contributed by atoms with Crippen molar-refractivity contribution in [3.63, 3.8) is 0 Å². The van der Waals surface area contributed by atoms with Crippen molar-refractivity contribution in [1.82, 2.24) is 4.90 Å². The number of rotatable bonds is 7. The van der Waals surface area contributed by atoms with Gasteiger partial charge in [-0.15, -0.1) is 11.8 Å². The van der Waals surface area contributed by atoms with Gasteiger partial charge in [0, 0.05) is 46.9 Å². The lowest BCUT2D eigenvalue weighted by molar-refractivity contribution is 0.0731. The average Bonchev–Trinajstić information content (AvgIpc) is 2.87. The SMILES string of the molecule is Cc1ccc(S(=O)(=O)N2CCSc3ccc(OCCCN4CCc5cc(Cl)ccc5C4=O)cc32)cc1. The number of ether oxygens (including phenoxy) is 1. The summed E-state index contributed by atoms with van der Waals surface area (Å²) in [4.78, 5) is 15.8. The number of carbonyl (C=O) groups excluding carboxylic acids is 1. The van der Waals surface area contributed by atoms with Crippen LogP contribution in [0.5, 0.6) is 5.75 Å². The van der Waals surface area contributed by atoms with Gasteiger partial charge in [0.25, 0.3) is 15.9 Å². The first-order chi connectivity index (χ1) is 17.3. The normalized spacial score (nSPS) is 15.4. The lowest BCUT2D eigenvalue weighted by atomic mass is 9.99. The predicted octanol–water partition coefficient (Wildman–Crippen LogP) is 5.42. The van der Waals surface area contributed by atoms with Gasteiger partial charge in [-0.1, -0.05) is 29.3 Å². The third-order valence-corrected chi connectivity index (χ3v) is 9.54. The van der Waals surface area contributed by atoms with E-state index in [4.69, 9.17) is 16.3 Å². The molecule has 0 saturated carbocycles. The van der Waals surface area contributed by atoms with E-state index in [2.05, 4.69) is 0 Å². The van der Waals surface area contributed by atoms with Crippen LogP contribution >= 0.6 is 23.4 Å². The van der Waals surface area contributed by atoms with E-state index in [0.29, 0.717) is 60.4 Å². The number of anilines is 1. The molecule has 3 aromatic carbocycles. The largest absolute Gasteiger partial charge is 0.493 e. The van der Waals surface area contributed by atoms with Crippen LogP contribution < -0.4 is 9.04 Å². The summed E-state index contributed by atoms with van der Waals surface area (Å²) in [5.41, 5.74) is 3.37. The first kappa shape index (κ1) is 25.0. The number of thioether (sulfide) groups is 1. The fourth-order valence-corrected chi connectivity index (χ4v) is 7.33. The van der Waals surface area contributed by atoms with Gasteiger partial charge in [0.1, 0.15) is 5.75 Å². The molecule has 188 valence electrons. The van der Waals surface area contributed by atoms with Crippen LogP contribution in [0.25, 0.3) is 0 Å². The molecule has 0 saturated heterocycles. The van der Waals surface area contributed by atoms with Gasteiger partial charge in [-0.3, -0.25) is 9.10 Å². The molecular weight excluding hydrogens is 516 g/mol. The lowest BCUT2D eigenvalue weighted by Crippen LogP contribution is -2.38. The molecule has 3 aromatic rings. The molecule has 2 heterocycles. The highest BCUT2D eigenvalue weighted by Gasteiger charge is 2.30. The molecule has 5 rings (SSSR count). The molecule has 0 radical (unpaired) electrons. The van der Waals surface area contributed by atoms with Gasteiger partial charge in [-0.05, 0) is 67.8 Å². The zero-order valence-electron chi connectivity index (χ0n) is 19.9. The van der Waals surface area contributed by atoms with Crippen LogP contribution in [0.15, 0.2) is 70.5 Å². The smallest absolute Gasteiger partial charge is 0.264 e. The number of halogens is 1. The number of amides is 1. The topological polar surface area (TPSA) is 66.9 Å². The molecule has 0 fully saturated rings. The molecule has 36 heavy (non-hydrogen) atoms. The van der Waals surface area contributed by atoms with Crippen LogP contribution in [-0.4, -0.2) is 51.2 Å². The summed E-state index contributed by atoms with van der Waals surface area (Å²) < 4.78 is 34.2. The van der Waals surface area contributed by atoms with Crippen molar-refractivity contribution in [2.75, 3.05) is 36.3 Å². The summed E-state index contributed by atoms with van der Waals surface area (Å²) in [7, 11) is -3.67. The molecule has 2 aliphatic heterocycles. The van der Waals surface area contributed by atoms with Crippen molar-refractivity contribution in [3.8, 4) is 5.75 Å². The number of aryl methyl sites for hydroxylation is 1. The van der Waals surface area contributed by atoms with E-state index in [1.165, 1.54) is 4.31 Å². The minimum Gasteiger partial charge on any atom is -0.493 e. The summed E-state index contributed by atoms with van der Waals surface area (Å²) in [6.07, 6.45) is 1.46. The molecule has 0 N–H and O–H groups in total. The van der Waals surface area contributed by atoms with Crippen LogP contribution in [-0.2, 0) is 16.4 Å². The van der Waals surface area contributed by atoms with Gasteiger partial charge in [-0.25, -0.2) is 8.42 Å². The molecule has 9 heteroatoms. The van der Waals surface area contributed by atoms with Gasteiger partial charge in [0.2, 0.25) is 0 Å². The van der Waals surface area contributed by atoms with Crippen LogP contribution in [0.3, 0.4) is 0 Å². The maximum atomic E-state index is 13.4. The van der Waals surface area contributed by atoms with Crippen LogP contribution in [0, 0.1) is 6.92 Å². The van der Waals surface area contributed by atoms with Crippen LogP contribution in [0.2, 0.25) is 5.02 Å². The number of carbonyl (C=O) groups is 1. The van der Waals surface area contributed by atoms with Gasteiger partial charge in [0.05, 0.1) is 17.2 Å². The number of sulfonamides is 1. The first-order valence-corrected chi connectivity index (χ1v) is 14.7. The zero-order chi connectivity index (χ0) is 25.3. The Morgan fingerprint density at radius 1 is 1.03 bits per heavy atom. The molecule has 0 aliphatic carbocycles. The fraction of sp³-hybridized carbons (Fsp3) is 0.296. The Bertz CT molecular complexity index is 1390. The summed E-state index contributed by atoms with van der Waals surface area (Å²) in [6, 6.07) is 17.9. The monoisotopic (exact) mass is 542 g/mol. The summed E-state index contributed by atoms with van der Waals surface area (Å²) in [5.74, 6) is 1.33. The Kier molecular flexibility index (Phi) is 7.19. The second kappa shape index (κ2) is 10.4. The Morgan fingerprint density at radius 2 is 1.83 bits per heavy atom. The molecule has 0 bridgehead atoms. The highest BCUT2D eigenvalue weighted by atomic mass is 35.5. The minimum absolute atomic E-state index is 0.0238. The van der Waals surface area contributed by atoms with Crippen molar-refractivity contribution >= 4 is 45.0 Å². The van der Waals surface area contributed by atoms with Crippen LogP contribution in [0.1, 0.15) is 27.9 Å². The standard InChI is InChI=1S/C27H27ClN2O4S2/c1-19-3-7-23(8-4-19)36(32,33)30-14-16-35-26-10-6-22(18-25(26)30)34-15-2-12-29-13-11-20-17-21(28)5-9-24(20)27(29)31/h3-10,17-18H,2,11-16H2,1H3. The summed E-state index contributed by atoms with van der Waals surface area (Å²) in [6.45, 7) is 4.02. The van der Waals surface area contributed by atoms with Gasteiger partial charge in [-0.2, -0.15) is 0 Å². The Balaban J connectivity index is 1.23. The lowest BCUT2D eigenvalue weighted by Gasteiger charge is -2.30. The third-order valence-electron chi connectivity index (χ3n) is 6.44. The predicted molar refractivity (Wildman–Crippen MR) is 144 cm³/mol. The highest BCUT2D eigenvalue weighted by Crippen LogP contribution is 2.40. The maximum Gasteiger partial charge on any atom is 0.264 e. The number of fused-ring (bicyclic) bond motifs is 2. The van der Waals surface area contributed by atoms with Gasteiger partial charge in [0.15, 0.2) is 0 Å². The van der Waals surface area contributed by atoms with E-state index in [1.807, 2.05) is 42.2 Å². The van der Waals surface area contributed by atoms with E-state index >= 15 is 0 Å². The van der Waals surface area contributed by atoms with E-state index < -0.39 is 10.0 Å². The van der Waals surface area contributed by atoms with Crippen molar-refractivity contribution < 1.29 is 17.9 Å². The number of benzene rings is 3. The van der Waals surface area contributed by atoms with Gasteiger partial charge < -0.3 is 9.64 Å². The summed E-state index contributed by atoms with van der Waals surface area (Å²) in [5, 5.41) is 0.650. The average molecular weight is 543 g/mol.